The van der Waals surface area contributed by atoms with Crippen LogP contribution in [0.15, 0.2) is 21.9 Å². The molecule has 1 saturated carbocycles. The van der Waals surface area contributed by atoms with Crippen LogP contribution in [0.4, 0.5) is 0 Å². The summed E-state index contributed by atoms with van der Waals surface area (Å²) in [7, 11) is 0. The molecule has 0 atom stereocenters. The van der Waals surface area contributed by atoms with Gasteiger partial charge in [0.2, 0.25) is 0 Å². The summed E-state index contributed by atoms with van der Waals surface area (Å²) in [5.41, 5.74) is -0.393. The first-order valence-corrected chi connectivity index (χ1v) is 8.23. The molecule has 0 aliphatic heterocycles. The fourth-order valence-electron chi connectivity index (χ4n) is 3.06. The smallest absolute Gasteiger partial charge is 0.315 e. The average molecular weight is 293 g/mol. The summed E-state index contributed by atoms with van der Waals surface area (Å²) in [6.07, 6.45) is 9.15. The molecule has 2 rings (SSSR count). The first-order valence-electron chi connectivity index (χ1n) is 8.23. The molecule has 0 spiro atoms. The predicted octanol–water partition coefficient (Wildman–Crippen LogP) is 1.59. The molecule has 1 aromatic rings. The second kappa shape index (κ2) is 8.17. The molecule has 1 heterocycles. The third-order valence-corrected chi connectivity index (χ3v) is 4.27. The Labute approximate surface area is 126 Å². The van der Waals surface area contributed by atoms with E-state index < -0.39 is 0 Å². The Bertz CT molecular complexity index is 541. The zero-order chi connectivity index (χ0) is 15.1. The highest BCUT2D eigenvalue weighted by Gasteiger charge is 2.12. The molecule has 1 N–H and O–H groups in total. The second-order valence-corrected chi connectivity index (χ2v) is 5.99. The minimum Gasteiger partial charge on any atom is -0.315 e. The zero-order valence-corrected chi connectivity index (χ0v) is 13.0. The van der Waals surface area contributed by atoms with Gasteiger partial charge in [0.15, 0.2) is 0 Å². The van der Waals surface area contributed by atoms with Gasteiger partial charge in [-0.3, -0.25) is 9.36 Å². The molecule has 1 fully saturated rings. The van der Waals surface area contributed by atoms with E-state index in [9.17, 15) is 9.59 Å². The summed E-state index contributed by atoms with van der Waals surface area (Å²) >= 11 is 0. The van der Waals surface area contributed by atoms with Gasteiger partial charge in [-0.15, -0.1) is 0 Å². The highest BCUT2D eigenvalue weighted by molar-refractivity contribution is 4.86. The fourth-order valence-corrected chi connectivity index (χ4v) is 3.06. The maximum Gasteiger partial charge on any atom is 0.331 e. The lowest BCUT2D eigenvalue weighted by atomic mass is 9.89. The summed E-state index contributed by atoms with van der Waals surface area (Å²) in [6, 6.07) is 1.48. The van der Waals surface area contributed by atoms with Crippen molar-refractivity contribution in [1.82, 2.24) is 14.5 Å². The van der Waals surface area contributed by atoms with Gasteiger partial charge in [0, 0.05) is 31.9 Å². The van der Waals surface area contributed by atoms with Crippen molar-refractivity contribution in [2.75, 3.05) is 13.1 Å². The number of aryl methyl sites for hydroxylation is 1. The number of hydrogen-bond acceptors (Lipinski definition) is 3. The van der Waals surface area contributed by atoms with Crippen molar-refractivity contribution >= 4 is 0 Å². The maximum absolute atomic E-state index is 12.2. The third kappa shape index (κ3) is 4.56. The van der Waals surface area contributed by atoms with Gasteiger partial charge in [0.1, 0.15) is 0 Å². The van der Waals surface area contributed by atoms with Crippen molar-refractivity contribution in [3.05, 3.63) is 33.1 Å². The monoisotopic (exact) mass is 293 g/mol. The molecular formula is C16H27N3O2. The molecule has 5 heteroatoms. The number of nitrogens with one attached hydrogen (secondary N) is 1. The van der Waals surface area contributed by atoms with Crippen molar-refractivity contribution in [2.45, 2.75) is 58.5 Å². The largest absolute Gasteiger partial charge is 0.331 e. The standard InChI is InChI=1S/C16H27N3O2/c1-2-10-18-11-8-15(20)19(16(18)21)12-9-17-13-14-6-4-3-5-7-14/h8,11,14,17H,2-7,9-10,12-13H2,1H3. The normalized spacial score (nSPS) is 16.2. The molecule has 118 valence electrons. The average Bonchev–Trinajstić information content (AvgIpc) is 2.50. The van der Waals surface area contributed by atoms with E-state index in [-0.39, 0.29) is 11.2 Å². The van der Waals surface area contributed by atoms with Gasteiger partial charge < -0.3 is 9.88 Å². The van der Waals surface area contributed by atoms with E-state index in [1.165, 1.54) is 42.7 Å². The lowest BCUT2D eigenvalue weighted by molar-refractivity contribution is 0.339. The fraction of sp³-hybridized carbons (Fsp3) is 0.750. The maximum atomic E-state index is 12.2. The topological polar surface area (TPSA) is 56.0 Å². The molecule has 0 bridgehead atoms. The second-order valence-electron chi connectivity index (χ2n) is 5.99. The molecular weight excluding hydrogens is 266 g/mol. The van der Waals surface area contributed by atoms with Crippen molar-refractivity contribution < 1.29 is 0 Å². The number of rotatable bonds is 7. The zero-order valence-electron chi connectivity index (χ0n) is 13.0. The van der Waals surface area contributed by atoms with E-state index in [1.54, 1.807) is 10.8 Å². The van der Waals surface area contributed by atoms with E-state index in [1.807, 2.05) is 6.92 Å². The Balaban J connectivity index is 1.86. The van der Waals surface area contributed by atoms with E-state index >= 15 is 0 Å². The van der Waals surface area contributed by atoms with Crippen LogP contribution in [0.25, 0.3) is 0 Å². The van der Waals surface area contributed by atoms with E-state index in [0.29, 0.717) is 19.6 Å². The third-order valence-electron chi connectivity index (χ3n) is 4.27. The van der Waals surface area contributed by atoms with Crippen LogP contribution in [0.2, 0.25) is 0 Å². The Morgan fingerprint density at radius 1 is 1.19 bits per heavy atom. The van der Waals surface area contributed by atoms with Gasteiger partial charge in [-0.05, 0) is 31.7 Å². The first kappa shape index (κ1) is 16.0. The molecule has 0 radical (unpaired) electrons. The summed E-state index contributed by atoms with van der Waals surface area (Å²) < 4.78 is 2.95. The van der Waals surface area contributed by atoms with Gasteiger partial charge in [-0.1, -0.05) is 26.2 Å². The van der Waals surface area contributed by atoms with Gasteiger partial charge in [0.05, 0.1) is 0 Å². The Kier molecular flexibility index (Phi) is 6.23. The van der Waals surface area contributed by atoms with Crippen molar-refractivity contribution in [3.8, 4) is 0 Å². The van der Waals surface area contributed by atoms with E-state index in [2.05, 4.69) is 5.32 Å². The molecule has 1 aliphatic rings. The number of nitrogens with zero attached hydrogens (tertiary/aromatic N) is 2. The Hall–Kier alpha value is -1.36. The minimum absolute atomic E-state index is 0.191. The molecule has 0 saturated heterocycles. The highest BCUT2D eigenvalue weighted by atomic mass is 16.2. The van der Waals surface area contributed by atoms with Gasteiger partial charge in [-0.25, -0.2) is 4.79 Å². The van der Waals surface area contributed by atoms with Crippen LogP contribution in [0.3, 0.4) is 0 Å². The first-order chi connectivity index (χ1) is 10.2. The summed E-state index contributed by atoms with van der Waals surface area (Å²) in [6.45, 7) is 4.82. The Morgan fingerprint density at radius 3 is 2.67 bits per heavy atom. The van der Waals surface area contributed by atoms with Crippen LogP contribution >= 0.6 is 0 Å². The molecule has 5 nitrogen and oxygen atoms in total. The van der Waals surface area contributed by atoms with Crippen LogP contribution in [-0.2, 0) is 13.1 Å². The summed E-state index contributed by atoms with van der Waals surface area (Å²) in [4.78, 5) is 24.0. The molecule has 0 aromatic carbocycles. The van der Waals surface area contributed by atoms with E-state index in [0.717, 1.165) is 18.9 Å². The van der Waals surface area contributed by atoms with Crippen molar-refractivity contribution in [3.63, 3.8) is 0 Å². The van der Waals surface area contributed by atoms with Crippen molar-refractivity contribution in [1.29, 1.82) is 0 Å². The van der Waals surface area contributed by atoms with Crippen LogP contribution in [0, 0.1) is 5.92 Å². The van der Waals surface area contributed by atoms with Crippen molar-refractivity contribution in [2.24, 2.45) is 5.92 Å². The SMILES string of the molecule is CCCn1ccc(=O)n(CCNCC2CCCCC2)c1=O. The minimum atomic E-state index is -0.202. The molecule has 1 aromatic heterocycles. The van der Waals surface area contributed by atoms with Crippen LogP contribution < -0.4 is 16.6 Å². The lowest BCUT2D eigenvalue weighted by Crippen LogP contribution is -2.41. The molecule has 0 amide bonds. The van der Waals surface area contributed by atoms with Crippen LogP contribution in [-0.4, -0.2) is 22.2 Å². The summed E-state index contributed by atoms with van der Waals surface area (Å²) in [5.74, 6) is 0.767. The van der Waals surface area contributed by atoms with E-state index in [4.69, 9.17) is 0 Å². The van der Waals surface area contributed by atoms with Gasteiger partial charge in [0.25, 0.3) is 5.56 Å². The van der Waals surface area contributed by atoms with Gasteiger partial charge >= 0.3 is 5.69 Å². The molecule has 1 aliphatic carbocycles. The highest BCUT2D eigenvalue weighted by Crippen LogP contribution is 2.22. The lowest BCUT2D eigenvalue weighted by Gasteiger charge is -2.21. The van der Waals surface area contributed by atoms with Gasteiger partial charge in [-0.2, -0.15) is 0 Å². The molecule has 21 heavy (non-hydrogen) atoms. The summed E-state index contributed by atoms with van der Waals surface area (Å²) in [5, 5.41) is 3.40. The Morgan fingerprint density at radius 2 is 1.95 bits per heavy atom. The predicted molar refractivity (Wildman–Crippen MR) is 84.7 cm³/mol. The quantitative estimate of drug-likeness (QED) is 0.777. The van der Waals surface area contributed by atoms with Crippen LogP contribution in [0.5, 0.6) is 0 Å². The van der Waals surface area contributed by atoms with Crippen LogP contribution in [0.1, 0.15) is 45.4 Å². The molecule has 0 unspecified atom stereocenters. The number of aromatic nitrogens is 2. The number of hydrogen-bond donors (Lipinski definition) is 1.